The fraction of sp³-hybridized carbons (Fsp3) is 0.269. The van der Waals surface area contributed by atoms with Crippen molar-refractivity contribution in [3.8, 4) is 0 Å². The first kappa shape index (κ1) is 22.9. The zero-order valence-electron chi connectivity index (χ0n) is 19.4. The number of nitrogens with one attached hydrogen (secondary N) is 1. The van der Waals surface area contributed by atoms with E-state index in [4.69, 9.17) is 0 Å². The molecule has 0 unspecified atom stereocenters. The number of hydrogen-bond acceptors (Lipinski definition) is 5. The normalized spacial score (nSPS) is 18.5. The number of allylic oxidation sites excluding steroid dienone is 1. The highest BCUT2D eigenvalue weighted by Gasteiger charge is 2.36. The highest BCUT2D eigenvalue weighted by Crippen LogP contribution is 2.40. The van der Waals surface area contributed by atoms with Crippen LogP contribution in [0.15, 0.2) is 53.4 Å². The van der Waals surface area contributed by atoms with E-state index in [1.54, 1.807) is 30.3 Å². The molecular formula is C26H27N3O3S. The number of carbonyl (C=O) groups excluding carboxylic acids is 3. The Kier molecular flexibility index (Phi) is 5.93. The topological polar surface area (TPSA) is 69.7 Å². The number of amides is 3. The Bertz CT molecular complexity index is 1210. The summed E-state index contributed by atoms with van der Waals surface area (Å²) in [6.07, 6.45) is 3.98. The van der Waals surface area contributed by atoms with Gasteiger partial charge in [0.15, 0.2) is 0 Å². The zero-order chi connectivity index (χ0) is 23.9. The summed E-state index contributed by atoms with van der Waals surface area (Å²) in [6.45, 7) is 8.12. The second-order valence-corrected chi connectivity index (χ2v) is 9.94. The molecule has 1 N–H and O–H groups in total. The van der Waals surface area contributed by atoms with Gasteiger partial charge in [-0.15, -0.1) is 0 Å². The van der Waals surface area contributed by atoms with Crippen molar-refractivity contribution in [3.05, 3.63) is 70.1 Å². The minimum absolute atomic E-state index is 0.0893. The van der Waals surface area contributed by atoms with Gasteiger partial charge in [-0.1, -0.05) is 24.3 Å². The molecule has 3 amide bonds. The SMILES string of the molecule is CC1=CC(C)(C)N(C)c2cc(C)c(/C=C3\SC(=O)N(CC(=O)Nc4ccccc4)C3=O)cc21. The first-order valence-electron chi connectivity index (χ1n) is 10.8. The van der Waals surface area contributed by atoms with Gasteiger partial charge in [0, 0.05) is 24.0 Å². The molecule has 170 valence electrons. The van der Waals surface area contributed by atoms with Gasteiger partial charge in [0.2, 0.25) is 5.91 Å². The van der Waals surface area contributed by atoms with Crippen LogP contribution in [0.2, 0.25) is 0 Å². The molecule has 0 spiro atoms. The van der Waals surface area contributed by atoms with Crippen molar-refractivity contribution in [2.24, 2.45) is 0 Å². The van der Waals surface area contributed by atoms with E-state index in [0.717, 1.165) is 39.0 Å². The third-order valence-electron chi connectivity index (χ3n) is 6.12. The summed E-state index contributed by atoms with van der Waals surface area (Å²) in [5.41, 5.74) is 5.84. The molecule has 2 aromatic rings. The van der Waals surface area contributed by atoms with E-state index in [0.29, 0.717) is 10.6 Å². The Morgan fingerprint density at radius 1 is 1.12 bits per heavy atom. The van der Waals surface area contributed by atoms with Crippen LogP contribution in [0, 0.1) is 6.92 Å². The third kappa shape index (κ3) is 4.46. The van der Waals surface area contributed by atoms with Crippen LogP contribution in [0.4, 0.5) is 16.2 Å². The Hall–Kier alpha value is -3.32. The Morgan fingerprint density at radius 3 is 2.52 bits per heavy atom. The van der Waals surface area contributed by atoms with E-state index in [1.165, 1.54) is 5.57 Å². The predicted molar refractivity (Wildman–Crippen MR) is 135 cm³/mol. The van der Waals surface area contributed by atoms with Gasteiger partial charge in [-0.05, 0) is 86.5 Å². The maximum absolute atomic E-state index is 12.9. The van der Waals surface area contributed by atoms with Gasteiger partial charge in [0.05, 0.1) is 10.4 Å². The lowest BCUT2D eigenvalue weighted by Crippen LogP contribution is -2.42. The predicted octanol–water partition coefficient (Wildman–Crippen LogP) is 5.30. The van der Waals surface area contributed by atoms with Crippen LogP contribution in [0.3, 0.4) is 0 Å². The number of nitrogens with zero attached hydrogens (tertiary/aromatic N) is 2. The number of imide groups is 1. The number of anilines is 2. The molecule has 1 saturated heterocycles. The second kappa shape index (κ2) is 8.56. The van der Waals surface area contributed by atoms with Crippen molar-refractivity contribution in [2.45, 2.75) is 33.2 Å². The van der Waals surface area contributed by atoms with Gasteiger partial charge in [-0.25, -0.2) is 0 Å². The molecule has 33 heavy (non-hydrogen) atoms. The van der Waals surface area contributed by atoms with Crippen molar-refractivity contribution < 1.29 is 14.4 Å². The molecule has 0 aromatic heterocycles. The number of benzene rings is 2. The fourth-order valence-electron chi connectivity index (χ4n) is 4.12. The fourth-order valence-corrected chi connectivity index (χ4v) is 4.95. The largest absolute Gasteiger partial charge is 0.365 e. The van der Waals surface area contributed by atoms with E-state index in [9.17, 15) is 14.4 Å². The average Bonchev–Trinajstić information content (AvgIpc) is 3.01. The summed E-state index contributed by atoms with van der Waals surface area (Å²) in [5.74, 6) is -0.864. The van der Waals surface area contributed by atoms with Crippen molar-refractivity contribution in [1.29, 1.82) is 0 Å². The summed E-state index contributed by atoms with van der Waals surface area (Å²) >= 11 is 0.866. The Labute approximate surface area is 198 Å². The average molecular weight is 462 g/mol. The van der Waals surface area contributed by atoms with Gasteiger partial charge in [0.25, 0.3) is 11.1 Å². The quantitative estimate of drug-likeness (QED) is 0.626. The lowest BCUT2D eigenvalue weighted by molar-refractivity contribution is -0.127. The van der Waals surface area contributed by atoms with Gasteiger partial charge < -0.3 is 10.2 Å². The van der Waals surface area contributed by atoms with Crippen LogP contribution in [0.1, 0.15) is 37.5 Å². The van der Waals surface area contributed by atoms with Gasteiger partial charge in [0.1, 0.15) is 6.54 Å². The number of para-hydroxylation sites is 1. The van der Waals surface area contributed by atoms with E-state index >= 15 is 0 Å². The Balaban J connectivity index is 1.57. The van der Waals surface area contributed by atoms with Crippen molar-refractivity contribution in [3.63, 3.8) is 0 Å². The summed E-state index contributed by atoms with van der Waals surface area (Å²) < 4.78 is 0. The zero-order valence-corrected chi connectivity index (χ0v) is 20.2. The summed E-state index contributed by atoms with van der Waals surface area (Å²) in [5, 5.41) is 2.27. The van der Waals surface area contributed by atoms with E-state index in [2.05, 4.69) is 56.2 Å². The summed E-state index contributed by atoms with van der Waals surface area (Å²) in [4.78, 5) is 41.3. The number of carbonyl (C=O) groups is 3. The van der Waals surface area contributed by atoms with Crippen LogP contribution in [0.5, 0.6) is 0 Å². The monoisotopic (exact) mass is 461 g/mol. The van der Waals surface area contributed by atoms with Crippen molar-refractivity contribution in [1.82, 2.24) is 4.90 Å². The molecule has 4 rings (SSSR count). The van der Waals surface area contributed by atoms with E-state index in [-0.39, 0.29) is 12.1 Å². The van der Waals surface area contributed by atoms with Crippen molar-refractivity contribution in [2.75, 3.05) is 23.8 Å². The van der Waals surface area contributed by atoms with Gasteiger partial charge >= 0.3 is 0 Å². The smallest absolute Gasteiger partial charge is 0.294 e. The molecule has 6 nitrogen and oxygen atoms in total. The first-order valence-corrected chi connectivity index (χ1v) is 11.6. The first-order chi connectivity index (χ1) is 15.6. The van der Waals surface area contributed by atoms with Gasteiger partial charge in [-0.3, -0.25) is 19.3 Å². The van der Waals surface area contributed by atoms with E-state index < -0.39 is 17.1 Å². The van der Waals surface area contributed by atoms with Crippen LogP contribution in [-0.2, 0) is 9.59 Å². The maximum Gasteiger partial charge on any atom is 0.294 e. The summed E-state index contributed by atoms with van der Waals surface area (Å²) in [7, 11) is 2.08. The highest BCUT2D eigenvalue weighted by molar-refractivity contribution is 8.18. The molecule has 7 heteroatoms. The summed E-state index contributed by atoms with van der Waals surface area (Å²) in [6, 6.07) is 13.1. The lowest BCUT2D eigenvalue weighted by atomic mass is 9.87. The molecule has 2 heterocycles. The maximum atomic E-state index is 12.9. The number of thioether (sulfide) groups is 1. The lowest BCUT2D eigenvalue weighted by Gasteiger charge is -2.41. The molecule has 2 aliphatic heterocycles. The third-order valence-corrected chi connectivity index (χ3v) is 7.03. The minimum atomic E-state index is -0.448. The van der Waals surface area contributed by atoms with Gasteiger partial charge in [-0.2, -0.15) is 0 Å². The number of hydrogen-bond donors (Lipinski definition) is 1. The van der Waals surface area contributed by atoms with Crippen LogP contribution in [-0.4, -0.2) is 41.1 Å². The van der Waals surface area contributed by atoms with Crippen LogP contribution in [0.25, 0.3) is 11.6 Å². The minimum Gasteiger partial charge on any atom is -0.365 e. The number of aryl methyl sites for hydroxylation is 1. The molecule has 0 bridgehead atoms. The molecule has 0 radical (unpaired) electrons. The second-order valence-electron chi connectivity index (χ2n) is 8.95. The molecular weight excluding hydrogens is 434 g/mol. The number of rotatable bonds is 4. The molecule has 1 fully saturated rings. The molecule has 2 aliphatic rings. The van der Waals surface area contributed by atoms with Crippen molar-refractivity contribution >= 4 is 51.8 Å². The number of likely N-dealkylation sites (N-methyl/N-ethyl adjacent to an activating group) is 1. The molecule has 2 aromatic carbocycles. The van der Waals surface area contributed by atoms with Crippen LogP contribution >= 0.6 is 11.8 Å². The van der Waals surface area contributed by atoms with Crippen LogP contribution < -0.4 is 10.2 Å². The number of fused-ring (bicyclic) bond motifs is 1. The highest BCUT2D eigenvalue weighted by atomic mass is 32.2. The molecule has 0 aliphatic carbocycles. The molecule has 0 saturated carbocycles. The van der Waals surface area contributed by atoms with E-state index in [1.807, 2.05) is 13.0 Å². The Morgan fingerprint density at radius 2 is 1.82 bits per heavy atom. The molecule has 0 atom stereocenters. The standard InChI is InChI=1S/C26H27N3O3S/c1-16-11-21-20(17(2)14-26(3,4)28(21)5)12-18(16)13-22-24(31)29(25(32)33-22)15-23(30)27-19-9-7-6-8-10-19/h6-14H,15H2,1-5H3,(H,27,30)/b22-13-.